The Labute approximate surface area is 111 Å². The van der Waals surface area contributed by atoms with Gasteiger partial charge < -0.3 is 9.88 Å². The zero-order valence-electron chi connectivity index (χ0n) is 11.0. The van der Waals surface area contributed by atoms with Gasteiger partial charge in [-0.05, 0) is 19.9 Å². The Morgan fingerprint density at radius 3 is 2.84 bits per heavy atom. The fourth-order valence-corrected chi connectivity index (χ4v) is 1.94. The van der Waals surface area contributed by atoms with E-state index in [-0.39, 0.29) is 10.6 Å². The standard InChI is InChI=1S/C13H16N4O2/c1-3-14-13-5-4-12(17(18)19)8-11(13)9-16-7-6-15-10(16)2/h4-8,14H,3,9H2,1-2H3. The molecule has 0 aliphatic rings. The van der Waals surface area contributed by atoms with Crippen molar-refractivity contribution in [2.75, 3.05) is 11.9 Å². The Morgan fingerprint density at radius 1 is 1.47 bits per heavy atom. The van der Waals surface area contributed by atoms with Gasteiger partial charge in [-0.15, -0.1) is 0 Å². The van der Waals surface area contributed by atoms with Gasteiger partial charge in [-0.1, -0.05) is 0 Å². The number of rotatable bonds is 5. The summed E-state index contributed by atoms with van der Waals surface area (Å²) in [6.45, 7) is 5.24. The van der Waals surface area contributed by atoms with Gasteiger partial charge in [0, 0.05) is 42.3 Å². The van der Waals surface area contributed by atoms with Crippen LogP contribution < -0.4 is 5.32 Å². The zero-order chi connectivity index (χ0) is 13.8. The molecule has 1 N–H and O–H groups in total. The number of aryl methyl sites for hydroxylation is 1. The molecule has 0 atom stereocenters. The molecule has 1 aromatic carbocycles. The molecule has 0 aliphatic heterocycles. The van der Waals surface area contributed by atoms with E-state index in [0.29, 0.717) is 6.54 Å². The van der Waals surface area contributed by atoms with E-state index in [0.717, 1.165) is 23.6 Å². The number of nitrogens with one attached hydrogen (secondary N) is 1. The maximum Gasteiger partial charge on any atom is 0.269 e. The third kappa shape index (κ3) is 2.90. The quantitative estimate of drug-likeness (QED) is 0.662. The van der Waals surface area contributed by atoms with Crippen LogP contribution in [0, 0.1) is 17.0 Å². The monoisotopic (exact) mass is 260 g/mol. The summed E-state index contributed by atoms with van der Waals surface area (Å²) in [6.07, 6.45) is 3.59. The largest absolute Gasteiger partial charge is 0.385 e. The number of aromatic nitrogens is 2. The first-order chi connectivity index (χ1) is 9.11. The minimum Gasteiger partial charge on any atom is -0.385 e. The van der Waals surface area contributed by atoms with Gasteiger partial charge in [0.2, 0.25) is 0 Å². The Balaban J connectivity index is 2.37. The SMILES string of the molecule is CCNc1ccc([N+](=O)[O-])cc1Cn1ccnc1C. The smallest absolute Gasteiger partial charge is 0.269 e. The topological polar surface area (TPSA) is 73.0 Å². The van der Waals surface area contributed by atoms with Crippen molar-refractivity contribution in [1.82, 2.24) is 9.55 Å². The van der Waals surface area contributed by atoms with E-state index in [1.165, 1.54) is 6.07 Å². The second kappa shape index (κ2) is 5.51. The fourth-order valence-electron chi connectivity index (χ4n) is 1.94. The number of hydrogen-bond acceptors (Lipinski definition) is 4. The summed E-state index contributed by atoms with van der Waals surface area (Å²) in [5.74, 6) is 0.883. The van der Waals surface area contributed by atoms with Gasteiger partial charge in [0.25, 0.3) is 5.69 Å². The number of nitro benzene ring substituents is 1. The van der Waals surface area contributed by atoms with E-state index >= 15 is 0 Å². The minimum atomic E-state index is -0.375. The van der Waals surface area contributed by atoms with Crippen molar-refractivity contribution in [3.05, 3.63) is 52.1 Å². The highest BCUT2D eigenvalue weighted by atomic mass is 16.6. The summed E-state index contributed by atoms with van der Waals surface area (Å²) in [6, 6.07) is 4.88. The van der Waals surface area contributed by atoms with Crippen LogP contribution >= 0.6 is 0 Å². The molecule has 0 radical (unpaired) electrons. The van der Waals surface area contributed by atoms with Gasteiger partial charge in [-0.25, -0.2) is 4.98 Å². The average molecular weight is 260 g/mol. The van der Waals surface area contributed by atoms with Crippen LogP contribution in [0.4, 0.5) is 11.4 Å². The molecule has 6 heteroatoms. The molecule has 2 aromatic rings. The van der Waals surface area contributed by atoms with Crippen molar-refractivity contribution >= 4 is 11.4 Å². The molecule has 19 heavy (non-hydrogen) atoms. The molecule has 0 fully saturated rings. The maximum absolute atomic E-state index is 10.9. The van der Waals surface area contributed by atoms with Gasteiger partial charge in [0.1, 0.15) is 5.82 Å². The van der Waals surface area contributed by atoms with Crippen LogP contribution in [0.3, 0.4) is 0 Å². The predicted octanol–water partition coefficient (Wildman–Crippen LogP) is 2.58. The van der Waals surface area contributed by atoms with Crippen molar-refractivity contribution in [2.45, 2.75) is 20.4 Å². The molecular formula is C13H16N4O2. The second-order valence-electron chi connectivity index (χ2n) is 4.23. The lowest BCUT2D eigenvalue weighted by atomic mass is 10.1. The summed E-state index contributed by atoms with van der Waals surface area (Å²) in [7, 11) is 0. The number of nitrogens with zero attached hydrogens (tertiary/aromatic N) is 3. The van der Waals surface area contributed by atoms with Gasteiger partial charge >= 0.3 is 0 Å². The Hall–Kier alpha value is -2.37. The fraction of sp³-hybridized carbons (Fsp3) is 0.308. The number of imidazole rings is 1. The first-order valence-corrected chi connectivity index (χ1v) is 6.10. The Bertz CT molecular complexity index is 592. The van der Waals surface area contributed by atoms with E-state index in [1.54, 1.807) is 18.3 Å². The molecule has 0 bridgehead atoms. The van der Waals surface area contributed by atoms with Crippen LogP contribution in [0.1, 0.15) is 18.3 Å². The first-order valence-electron chi connectivity index (χ1n) is 6.10. The highest BCUT2D eigenvalue weighted by molar-refractivity contribution is 5.56. The third-order valence-corrected chi connectivity index (χ3v) is 2.93. The van der Waals surface area contributed by atoms with Crippen molar-refractivity contribution < 1.29 is 4.92 Å². The second-order valence-corrected chi connectivity index (χ2v) is 4.23. The molecule has 2 rings (SSSR count). The lowest BCUT2D eigenvalue weighted by Crippen LogP contribution is -2.07. The molecular weight excluding hydrogens is 244 g/mol. The van der Waals surface area contributed by atoms with E-state index in [9.17, 15) is 10.1 Å². The van der Waals surface area contributed by atoms with Crippen LogP contribution in [-0.4, -0.2) is 21.0 Å². The van der Waals surface area contributed by atoms with Crippen LogP contribution in [0.15, 0.2) is 30.6 Å². The molecule has 0 unspecified atom stereocenters. The highest BCUT2D eigenvalue weighted by Crippen LogP contribution is 2.23. The number of hydrogen-bond donors (Lipinski definition) is 1. The van der Waals surface area contributed by atoms with E-state index in [4.69, 9.17) is 0 Å². The number of non-ortho nitro benzene ring substituents is 1. The van der Waals surface area contributed by atoms with Gasteiger partial charge in [0.15, 0.2) is 0 Å². The summed E-state index contributed by atoms with van der Waals surface area (Å²) in [5.41, 5.74) is 1.91. The van der Waals surface area contributed by atoms with Crippen molar-refractivity contribution in [3.63, 3.8) is 0 Å². The molecule has 1 heterocycles. The maximum atomic E-state index is 10.9. The third-order valence-electron chi connectivity index (χ3n) is 2.93. The van der Waals surface area contributed by atoms with Gasteiger partial charge in [-0.3, -0.25) is 10.1 Å². The van der Waals surface area contributed by atoms with Crippen molar-refractivity contribution in [2.24, 2.45) is 0 Å². The molecule has 100 valence electrons. The molecule has 0 spiro atoms. The molecule has 6 nitrogen and oxygen atoms in total. The zero-order valence-corrected chi connectivity index (χ0v) is 11.0. The predicted molar refractivity (Wildman–Crippen MR) is 73.3 cm³/mol. The highest BCUT2D eigenvalue weighted by Gasteiger charge is 2.11. The van der Waals surface area contributed by atoms with Crippen LogP contribution in [-0.2, 0) is 6.54 Å². The lowest BCUT2D eigenvalue weighted by molar-refractivity contribution is -0.384. The first kappa shape index (κ1) is 13.1. The molecule has 1 aromatic heterocycles. The molecule has 0 saturated heterocycles. The van der Waals surface area contributed by atoms with E-state index in [2.05, 4.69) is 10.3 Å². The molecule has 0 amide bonds. The molecule has 0 aliphatic carbocycles. The Kier molecular flexibility index (Phi) is 3.79. The number of nitro groups is 1. The van der Waals surface area contributed by atoms with Crippen molar-refractivity contribution in [1.29, 1.82) is 0 Å². The van der Waals surface area contributed by atoms with Gasteiger partial charge in [0.05, 0.1) is 11.5 Å². The van der Waals surface area contributed by atoms with E-state index < -0.39 is 0 Å². The van der Waals surface area contributed by atoms with Crippen molar-refractivity contribution in [3.8, 4) is 0 Å². The summed E-state index contributed by atoms with van der Waals surface area (Å²) < 4.78 is 1.96. The summed E-state index contributed by atoms with van der Waals surface area (Å²) >= 11 is 0. The lowest BCUT2D eigenvalue weighted by Gasteiger charge is -2.12. The Morgan fingerprint density at radius 2 is 2.26 bits per heavy atom. The minimum absolute atomic E-state index is 0.106. The summed E-state index contributed by atoms with van der Waals surface area (Å²) in [4.78, 5) is 14.6. The van der Waals surface area contributed by atoms with Crippen LogP contribution in [0.25, 0.3) is 0 Å². The van der Waals surface area contributed by atoms with Crippen LogP contribution in [0.2, 0.25) is 0 Å². The number of benzene rings is 1. The van der Waals surface area contributed by atoms with E-state index in [1.807, 2.05) is 24.6 Å². The van der Waals surface area contributed by atoms with Crippen LogP contribution in [0.5, 0.6) is 0 Å². The number of anilines is 1. The normalized spacial score (nSPS) is 10.4. The average Bonchev–Trinajstić information content (AvgIpc) is 2.77. The molecule has 0 saturated carbocycles. The summed E-state index contributed by atoms with van der Waals surface area (Å²) in [5, 5.41) is 14.1. The van der Waals surface area contributed by atoms with Gasteiger partial charge in [-0.2, -0.15) is 0 Å².